The van der Waals surface area contributed by atoms with E-state index in [2.05, 4.69) is 46.8 Å². The molecule has 0 unspecified atom stereocenters. The van der Waals surface area contributed by atoms with Gasteiger partial charge in [0.25, 0.3) is 0 Å². The van der Waals surface area contributed by atoms with Crippen LogP contribution in [0.1, 0.15) is 13.3 Å². The van der Waals surface area contributed by atoms with E-state index in [1.807, 2.05) is 12.4 Å². The third-order valence-electron chi connectivity index (χ3n) is 3.02. The van der Waals surface area contributed by atoms with Gasteiger partial charge in [-0.2, -0.15) is 0 Å². The van der Waals surface area contributed by atoms with Gasteiger partial charge >= 0.3 is 0 Å². The van der Waals surface area contributed by atoms with Crippen molar-refractivity contribution >= 4 is 21.8 Å². The molecule has 2 nitrogen and oxygen atoms in total. The summed E-state index contributed by atoms with van der Waals surface area (Å²) < 4.78 is 2.38. The maximum absolute atomic E-state index is 4.22. The Labute approximate surface area is 94.5 Å². The SMILES string of the molecule is CCCn1c2ccccc2c2cnccc21. The highest BCUT2D eigenvalue weighted by atomic mass is 15.0. The number of fused-ring (bicyclic) bond motifs is 3. The number of benzene rings is 1. The van der Waals surface area contributed by atoms with E-state index in [1.54, 1.807) is 0 Å². The van der Waals surface area contributed by atoms with Crippen molar-refractivity contribution < 1.29 is 0 Å². The number of aryl methyl sites for hydroxylation is 1. The lowest BCUT2D eigenvalue weighted by atomic mass is 10.2. The minimum Gasteiger partial charge on any atom is -0.340 e. The fourth-order valence-electron chi connectivity index (χ4n) is 2.36. The van der Waals surface area contributed by atoms with Crippen LogP contribution < -0.4 is 0 Å². The molecule has 0 amide bonds. The van der Waals surface area contributed by atoms with Gasteiger partial charge in [0.2, 0.25) is 0 Å². The largest absolute Gasteiger partial charge is 0.340 e. The predicted molar refractivity (Wildman–Crippen MR) is 67.5 cm³/mol. The lowest BCUT2D eigenvalue weighted by Crippen LogP contribution is -1.95. The van der Waals surface area contributed by atoms with Crippen molar-refractivity contribution in [2.75, 3.05) is 0 Å². The molecule has 0 aliphatic carbocycles. The minimum atomic E-state index is 1.06. The fourth-order valence-corrected chi connectivity index (χ4v) is 2.36. The van der Waals surface area contributed by atoms with Gasteiger partial charge in [-0.3, -0.25) is 4.98 Å². The van der Waals surface area contributed by atoms with Crippen molar-refractivity contribution in [3.8, 4) is 0 Å². The van der Waals surface area contributed by atoms with Crippen LogP contribution in [0.2, 0.25) is 0 Å². The Kier molecular flexibility index (Phi) is 2.13. The molecule has 2 heteroatoms. The third-order valence-corrected chi connectivity index (χ3v) is 3.02. The highest BCUT2D eigenvalue weighted by Crippen LogP contribution is 2.27. The quantitative estimate of drug-likeness (QED) is 0.632. The van der Waals surface area contributed by atoms with E-state index in [0.29, 0.717) is 0 Å². The van der Waals surface area contributed by atoms with Crippen LogP contribution in [0.5, 0.6) is 0 Å². The Morgan fingerprint density at radius 2 is 1.88 bits per heavy atom. The van der Waals surface area contributed by atoms with Gasteiger partial charge in [0.1, 0.15) is 0 Å². The van der Waals surface area contributed by atoms with Gasteiger partial charge in [0.05, 0.1) is 5.52 Å². The first-order valence-corrected chi connectivity index (χ1v) is 5.72. The molecule has 0 saturated heterocycles. The summed E-state index contributed by atoms with van der Waals surface area (Å²) in [6.07, 6.45) is 4.98. The maximum Gasteiger partial charge on any atom is 0.0522 e. The Bertz CT molecular complexity index is 584. The van der Waals surface area contributed by atoms with E-state index in [1.165, 1.54) is 21.8 Å². The molecule has 3 aromatic rings. The molecule has 80 valence electrons. The molecule has 0 radical (unpaired) electrons. The molecule has 16 heavy (non-hydrogen) atoms. The van der Waals surface area contributed by atoms with Crippen molar-refractivity contribution in [2.45, 2.75) is 19.9 Å². The zero-order chi connectivity index (χ0) is 11.0. The third kappa shape index (κ3) is 1.23. The van der Waals surface area contributed by atoms with E-state index in [4.69, 9.17) is 0 Å². The number of hydrogen-bond donors (Lipinski definition) is 0. The lowest BCUT2D eigenvalue weighted by Gasteiger charge is -2.04. The molecule has 0 fully saturated rings. The zero-order valence-electron chi connectivity index (χ0n) is 9.35. The molecule has 0 aliphatic rings. The summed E-state index contributed by atoms with van der Waals surface area (Å²) in [6.45, 7) is 3.27. The van der Waals surface area contributed by atoms with Crippen molar-refractivity contribution in [3.63, 3.8) is 0 Å². The number of para-hydroxylation sites is 1. The lowest BCUT2D eigenvalue weighted by molar-refractivity contribution is 0.724. The molecule has 0 N–H and O–H groups in total. The second kappa shape index (κ2) is 3.63. The monoisotopic (exact) mass is 210 g/mol. The number of aromatic nitrogens is 2. The van der Waals surface area contributed by atoms with Crippen molar-refractivity contribution in [2.24, 2.45) is 0 Å². The molecule has 2 heterocycles. The zero-order valence-corrected chi connectivity index (χ0v) is 9.35. The number of hydrogen-bond acceptors (Lipinski definition) is 1. The van der Waals surface area contributed by atoms with Crippen molar-refractivity contribution in [3.05, 3.63) is 42.7 Å². The molecule has 0 aliphatic heterocycles. The van der Waals surface area contributed by atoms with E-state index in [9.17, 15) is 0 Å². The molecular weight excluding hydrogens is 196 g/mol. The van der Waals surface area contributed by atoms with Gasteiger partial charge < -0.3 is 4.57 Å². The summed E-state index contributed by atoms with van der Waals surface area (Å²) in [5.74, 6) is 0. The van der Waals surface area contributed by atoms with Crippen LogP contribution in [0.3, 0.4) is 0 Å². The summed E-state index contributed by atoms with van der Waals surface area (Å²) in [7, 11) is 0. The normalized spacial score (nSPS) is 11.3. The summed E-state index contributed by atoms with van der Waals surface area (Å²) in [4.78, 5) is 4.22. The van der Waals surface area contributed by atoms with Crippen LogP contribution in [-0.2, 0) is 6.54 Å². The first-order chi connectivity index (χ1) is 7.92. The standard InChI is InChI=1S/C14H14N2/c1-2-9-16-13-6-4-3-5-11(13)12-10-15-8-7-14(12)16/h3-8,10H,2,9H2,1H3. The van der Waals surface area contributed by atoms with Crippen LogP contribution >= 0.6 is 0 Å². The first kappa shape index (κ1) is 9.40. The maximum atomic E-state index is 4.22. The molecule has 0 saturated carbocycles. The van der Waals surface area contributed by atoms with Gasteiger partial charge in [-0.15, -0.1) is 0 Å². The van der Waals surface area contributed by atoms with Crippen LogP contribution in [0, 0.1) is 0 Å². The van der Waals surface area contributed by atoms with Gasteiger partial charge in [-0.05, 0) is 18.6 Å². The van der Waals surface area contributed by atoms with Gasteiger partial charge in [0, 0.05) is 35.2 Å². The minimum absolute atomic E-state index is 1.06. The van der Waals surface area contributed by atoms with E-state index < -0.39 is 0 Å². The van der Waals surface area contributed by atoms with Crippen LogP contribution in [0.25, 0.3) is 21.8 Å². The summed E-state index contributed by atoms with van der Waals surface area (Å²) in [5, 5.41) is 2.56. The van der Waals surface area contributed by atoms with E-state index in [0.717, 1.165) is 13.0 Å². The molecule has 1 aromatic carbocycles. The fraction of sp³-hybridized carbons (Fsp3) is 0.214. The second-order valence-corrected chi connectivity index (χ2v) is 4.06. The second-order valence-electron chi connectivity index (χ2n) is 4.06. The van der Waals surface area contributed by atoms with Gasteiger partial charge in [-0.1, -0.05) is 25.1 Å². The highest BCUT2D eigenvalue weighted by molar-refractivity contribution is 6.07. The van der Waals surface area contributed by atoms with Crippen molar-refractivity contribution in [1.29, 1.82) is 0 Å². The predicted octanol–water partition coefficient (Wildman–Crippen LogP) is 3.60. The number of rotatable bonds is 2. The number of nitrogens with zero attached hydrogens (tertiary/aromatic N) is 2. The molecular formula is C14H14N2. The molecule has 3 rings (SSSR count). The average Bonchev–Trinajstić information content (AvgIpc) is 2.66. The Morgan fingerprint density at radius 1 is 1.06 bits per heavy atom. The highest BCUT2D eigenvalue weighted by Gasteiger charge is 2.08. The Balaban J connectivity index is 2.49. The topological polar surface area (TPSA) is 17.8 Å². The van der Waals surface area contributed by atoms with Gasteiger partial charge in [0.15, 0.2) is 0 Å². The smallest absolute Gasteiger partial charge is 0.0522 e. The summed E-state index contributed by atoms with van der Waals surface area (Å²) in [5.41, 5.74) is 2.60. The Morgan fingerprint density at radius 3 is 2.75 bits per heavy atom. The Hall–Kier alpha value is -1.83. The summed E-state index contributed by atoms with van der Waals surface area (Å²) >= 11 is 0. The van der Waals surface area contributed by atoms with E-state index in [-0.39, 0.29) is 0 Å². The van der Waals surface area contributed by atoms with Gasteiger partial charge in [-0.25, -0.2) is 0 Å². The van der Waals surface area contributed by atoms with Crippen LogP contribution in [-0.4, -0.2) is 9.55 Å². The first-order valence-electron chi connectivity index (χ1n) is 5.72. The van der Waals surface area contributed by atoms with E-state index >= 15 is 0 Å². The molecule has 0 atom stereocenters. The van der Waals surface area contributed by atoms with Crippen LogP contribution in [0.4, 0.5) is 0 Å². The molecule has 2 aromatic heterocycles. The average molecular weight is 210 g/mol. The molecule has 0 spiro atoms. The summed E-state index contributed by atoms with van der Waals surface area (Å²) in [6, 6.07) is 10.6. The van der Waals surface area contributed by atoms with Crippen LogP contribution in [0.15, 0.2) is 42.7 Å². The number of pyridine rings is 1. The van der Waals surface area contributed by atoms with Crippen molar-refractivity contribution in [1.82, 2.24) is 9.55 Å². The molecule has 0 bridgehead atoms.